The van der Waals surface area contributed by atoms with Gasteiger partial charge < -0.3 is 16.8 Å². The van der Waals surface area contributed by atoms with Gasteiger partial charge in [-0.2, -0.15) is 0 Å². The molecule has 0 radical (unpaired) electrons. The lowest BCUT2D eigenvalue weighted by Gasteiger charge is -2.16. The average molecular weight is 239 g/mol. The minimum atomic E-state index is -0.564. The Balaban J connectivity index is 2.68. The van der Waals surface area contributed by atoms with Crippen molar-refractivity contribution in [1.29, 1.82) is 0 Å². The van der Waals surface area contributed by atoms with Gasteiger partial charge in [0.1, 0.15) is 5.82 Å². The first-order chi connectivity index (χ1) is 7.91. The number of nitrogens with one attached hydrogen (secondary N) is 1. The van der Waals surface area contributed by atoms with Gasteiger partial charge in [-0.05, 0) is 12.0 Å². The van der Waals surface area contributed by atoms with Gasteiger partial charge in [0.15, 0.2) is 0 Å². The Kier molecular flexibility index (Phi) is 4.22. The molecule has 0 saturated heterocycles. The summed E-state index contributed by atoms with van der Waals surface area (Å²) in [6.45, 7) is 4.58. The van der Waals surface area contributed by atoms with E-state index < -0.39 is 4.92 Å². The van der Waals surface area contributed by atoms with Crippen LogP contribution >= 0.6 is 0 Å². The number of nitrogen functional groups attached to an aromatic ring is 1. The van der Waals surface area contributed by atoms with Gasteiger partial charge >= 0.3 is 5.69 Å². The second-order valence-corrected chi connectivity index (χ2v) is 4.15. The van der Waals surface area contributed by atoms with Crippen molar-refractivity contribution in [2.45, 2.75) is 19.9 Å². The van der Waals surface area contributed by atoms with Crippen molar-refractivity contribution in [1.82, 2.24) is 4.98 Å². The number of nitrogens with two attached hydrogens (primary N) is 2. The van der Waals surface area contributed by atoms with Gasteiger partial charge in [-0.3, -0.25) is 10.1 Å². The third-order valence-corrected chi connectivity index (χ3v) is 2.47. The maximum atomic E-state index is 10.5. The molecular formula is C10H17N5O2. The maximum Gasteiger partial charge on any atom is 0.311 e. The van der Waals surface area contributed by atoms with E-state index in [9.17, 15) is 10.1 Å². The lowest BCUT2D eigenvalue weighted by molar-refractivity contribution is -0.384. The molecule has 0 amide bonds. The summed E-state index contributed by atoms with van der Waals surface area (Å²) in [6.07, 6.45) is 0. The molecule has 0 bridgehead atoms. The Hall–Kier alpha value is -1.89. The van der Waals surface area contributed by atoms with Crippen molar-refractivity contribution in [3.05, 3.63) is 22.2 Å². The second kappa shape index (κ2) is 5.44. The van der Waals surface area contributed by atoms with E-state index >= 15 is 0 Å². The van der Waals surface area contributed by atoms with Crippen LogP contribution in [0.2, 0.25) is 0 Å². The molecule has 0 saturated carbocycles. The Bertz CT molecular complexity index is 408. The van der Waals surface area contributed by atoms with E-state index in [0.717, 1.165) is 0 Å². The number of pyridine rings is 1. The summed E-state index contributed by atoms with van der Waals surface area (Å²) < 4.78 is 0. The van der Waals surface area contributed by atoms with Gasteiger partial charge in [-0.25, -0.2) is 4.98 Å². The summed E-state index contributed by atoms with van der Waals surface area (Å²) in [6, 6.07) is 2.83. The maximum absolute atomic E-state index is 10.5. The van der Waals surface area contributed by atoms with E-state index in [1.165, 1.54) is 12.1 Å². The van der Waals surface area contributed by atoms with Crippen LogP contribution in [0.15, 0.2) is 12.1 Å². The largest absolute Gasteiger partial charge is 0.378 e. The molecule has 17 heavy (non-hydrogen) atoms. The highest BCUT2D eigenvalue weighted by Gasteiger charge is 2.13. The lowest BCUT2D eigenvalue weighted by atomic mass is 10.1. The zero-order valence-electron chi connectivity index (χ0n) is 9.88. The summed E-state index contributed by atoms with van der Waals surface area (Å²) in [5.74, 6) is 0.736. The van der Waals surface area contributed by atoms with Gasteiger partial charge in [-0.1, -0.05) is 13.8 Å². The molecule has 0 aliphatic rings. The van der Waals surface area contributed by atoms with Gasteiger partial charge in [0.2, 0.25) is 5.82 Å². The van der Waals surface area contributed by atoms with Crippen LogP contribution in [0, 0.1) is 16.0 Å². The van der Waals surface area contributed by atoms with Crippen LogP contribution < -0.4 is 16.8 Å². The molecule has 94 valence electrons. The fourth-order valence-corrected chi connectivity index (χ4v) is 1.18. The number of aromatic nitrogens is 1. The van der Waals surface area contributed by atoms with E-state index in [0.29, 0.717) is 18.3 Å². The molecule has 1 aromatic heterocycles. The molecular weight excluding hydrogens is 222 g/mol. The Morgan fingerprint density at radius 1 is 1.53 bits per heavy atom. The predicted molar refractivity (Wildman–Crippen MR) is 66.6 cm³/mol. The summed E-state index contributed by atoms with van der Waals surface area (Å²) in [5.41, 5.74) is 11.1. The first-order valence-corrected chi connectivity index (χ1v) is 5.32. The number of hydrogen-bond donors (Lipinski definition) is 3. The fourth-order valence-electron chi connectivity index (χ4n) is 1.18. The van der Waals surface area contributed by atoms with Crippen molar-refractivity contribution >= 4 is 17.3 Å². The van der Waals surface area contributed by atoms with Crippen molar-refractivity contribution in [3.63, 3.8) is 0 Å². The summed E-state index contributed by atoms with van der Waals surface area (Å²) >= 11 is 0. The highest BCUT2D eigenvalue weighted by atomic mass is 16.6. The summed E-state index contributed by atoms with van der Waals surface area (Å²) in [7, 11) is 0. The van der Waals surface area contributed by atoms with Crippen LogP contribution in [-0.4, -0.2) is 22.5 Å². The highest BCUT2D eigenvalue weighted by molar-refractivity contribution is 5.57. The number of nitrogens with zero attached hydrogens (tertiary/aromatic N) is 2. The molecule has 5 N–H and O–H groups in total. The second-order valence-electron chi connectivity index (χ2n) is 4.15. The topological polar surface area (TPSA) is 120 Å². The third kappa shape index (κ3) is 3.56. The van der Waals surface area contributed by atoms with Crippen LogP contribution in [0.25, 0.3) is 0 Å². The van der Waals surface area contributed by atoms with E-state index in [4.69, 9.17) is 11.5 Å². The summed E-state index contributed by atoms with van der Waals surface area (Å²) in [4.78, 5) is 13.9. The van der Waals surface area contributed by atoms with E-state index in [1.54, 1.807) is 0 Å². The first-order valence-electron chi connectivity index (χ1n) is 5.32. The van der Waals surface area contributed by atoms with Crippen LogP contribution in [0.1, 0.15) is 13.8 Å². The van der Waals surface area contributed by atoms with Crippen LogP contribution in [0.3, 0.4) is 0 Å². The normalized spacial score (nSPS) is 12.5. The zero-order chi connectivity index (χ0) is 13.0. The zero-order valence-corrected chi connectivity index (χ0v) is 9.88. The molecule has 1 heterocycles. The Labute approximate surface area is 99.4 Å². The number of anilines is 2. The molecule has 0 fully saturated rings. The number of nitro groups is 1. The average Bonchev–Trinajstić information content (AvgIpc) is 2.25. The standard InChI is InChI=1S/C10H17N5O2/c1-6(2)7(11)5-13-9-4-3-8(15(16)17)10(12)14-9/h3-4,6-7H,5,11H2,1-2H3,(H3,12,13,14). The minimum absolute atomic E-state index is 0.00628. The Morgan fingerprint density at radius 3 is 2.65 bits per heavy atom. The monoisotopic (exact) mass is 239 g/mol. The van der Waals surface area contributed by atoms with Gasteiger partial charge in [0, 0.05) is 18.7 Å². The van der Waals surface area contributed by atoms with Crippen LogP contribution in [0.4, 0.5) is 17.3 Å². The van der Waals surface area contributed by atoms with Crippen LogP contribution in [0.5, 0.6) is 0 Å². The molecule has 1 aromatic rings. The highest BCUT2D eigenvalue weighted by Crippen LogP contribution is 2.20. The number of rotatable bonds is 5. The molecule has 0 aromatic carbocycles. The quantitative estimate of drug-likeness (QED) is 0.520. The molecule has 0 aliphatic carbocycles. The molecule has 0 aliphatic heterocycles. The van der Waals surface area contributed by atoms with Gasteiger partial charge in [-0.15, -0.1) is 0 Å². The summed E-state index contributed by atoms with van der Waals surface area (Å²) in [5, 5.41) is 13.5. The SMILES string of the molecule is CC(C)C(N)CNc1ccc([N+](=O)[O-])c(N)n1. The molecule has 7 heteroatoms. The van der Waals surface area contributed by atoms with E-state index in [1.807, 2.05) is 13.8 Å². The van der Waals surface area contributed by atoms with Crippen LogP contribution in [-0.2, 0) is 0 Å². The molecule has 0 spiro atoms. The molecule has 1 atom stereocenters. The number of hydrogen-bond acceptors (Lipinski definition) is 6. The minimum Gasteiger partial charge on any atom is -0.378 e. The lowest BCUT2D eigenvalue weighted by Crippen LogP contribution is -2.34. The van der Waals surface area contributed by atoms with E-state index in [-0.39, 0.29) is 17.5 Å². The van der Waals surface area contributed by atoms with Crippen molar-refractivity contribution in [2.75, 3.05) is 17.6 Å². The van der Waals surface area contributed by atoms with Crippen molar-refractivity contribution in [3.8, 4) is 0 Å². The molecule has 1 unspecified atom stereocenters. The fraction of sp³-hybridized carbons (Fsp3) is 0.500. The first kappa shape index (κ1) is 13.2. The van der Waals surface area contributed by atoms with E-state index in [2.05, 4.69) is 10.3 Å². The third-order valence-electron chi connectivity index (χ3n) is 2.47. The molecule has 7 nitrogen and oxygen atoms in total. The predicted octanol–water partition coefficient (Wildman–Crippen LogP) is 0.967. The van der Waals surface area contributed by atoms with Gasteiger partial charge in [0.25, 0.3) is 0 Å². The Morgan fingerprint density at radius 2 is 2.18 bits per heavy atom. The van der Waals surface area contributed by atoms with Gasteiger partial charge in [0.05, 0.1) is 4.92 Å². The smallest absolute Gasteiger partial charge is 0.311 e. The van der Waals surface area contributed by atoms with Crippen molar-refractivity contribution < 1.29 is 4.92 Å². The van der Waals surface area contributed by atoms with Crippen molar-refractivity contribution in [2.24, 2.45) is 11.7 Å². The molecule has 1 rings (SSSR count).